The molecule has 0 spiro atoms. The molecule has 1 aromatic rings. The molecule has 1 aromatic heterocycles. The lowest BCUT2D eigenvalue weighted by atomic mass is 10.2. The highest BCUT2D eigenvalue weighted by molar-refractivity contribution is 5.37. The minimum atomic E-state index is 1.00. The van der Waals surface area contributed by atoms with E-state index in [1.807, 2.05) is 23.8 Å². The van der Waals surface area contributed by atoms with Crippen LogP contribution < -0.4 is 0 Å². The fraction of sp³-hybridized carbons (Fsp3) is 0.300. The van der Waals surface area contributed by atoms with Crippen LogP contribution in [0.1, 0.15) is 19.2 Å². The minimum absolute atomic E-state index is 1.00. The van der Waals surface area contributed by atoms with Gasteiger partial charge in [0.2, 0.25) is 0 Å². The summed E-state index contributed by atoms with van der Waals surface area (Å²) in [4.78, 5) is 4.12. The largest absolute Gasteiger partial charge is 0.311 e. The fourth-order valence-electron chi connectivity index (χ4n) is 0.991. The lowest BCUT2D eigenvalue weighted by molar-refractivity contribution is 1.01. The number of aromatic nitrogens is 2. The lowest BCUT2D eigenvalue weighted by Gasteiger charge is -1.99. The number of imidazole rings is 1. The molecule has 0 unspecified atom stereocenters. The van der Waals surface area contributed by atoms with E-state index in [1.165, 1.54) is 5.57 Å². The monoisotopic (exact) mass is 162 g/mol. The quantitative estimate of drug-likeness (QED) is 0.625. The summed E-state index contributed by atoms with van der Waals surface area (Å²) in [5.41, 5.74) is 1.22. The molecule has 0 fully saturated rings. The molecule has 2 heteroatoms. The normalized spacial score (nSPS) is 11.7. The van der Waals surface area contributed by atoms with E-state index in [-0.39, 0.29) is 0 Å². The van der Waals surface area contributed by atoms with E-state index in [9.17, 15) is 0 Å². The molecule has 0 N–H and O–H groups in total. The van der Waals surface area contributed by atoms with Crippen LogP contribution >= 0.6 is 0 Å². The number of hydrogen-bond acceptors (Lipinski definition) is 1. The summed E-state index contributed by atoms with van der Waals surface area (Å²) in [6, 6.07) is 0. The van der Waals surface area contributed by atoms with Crippen molar-refractivity contribution in [2.45, 2.75) is 20.3 Å². The van der Waals surface area contributed by atoms with Crippen LogP contribution in [0.5, 0.6) is 0 Å². The predicted octanol–water partition coefficient (Wildman–Crippen LogP) is 2.63. The molecule has 0 saturated carbocycles. The second-order valence-corrected chi connectivity index (χ2v) is 2.64. The van der Waals surface area contributed by atoms with Gasteiger partial charge in [-0.25, -0.2) is 4.98 Å². The Bertz CT molecular complexity index is 295. The number of rotatable bonds is 3. The average molecular weight is 162 g/mol. The van der Waals surface area contributed by atoms with Crippen molar-refractivity contribution < 1.29 is 0 Å². The van der Waals surface area contributed by atoms with Crippen molar-refractivity contribution in [3.8, 4) is 0 Å². The van der Waals surface area contributed by atoms with E-state index in [4.69, 9.17) is 0 Å². The van der Waals surface area contributed by atoms with Crippen molar-refractivity contribution >= 4 is 6.20 Å². The molecule has 1 heterocycles. The van der Waals surface area contributed by atoms with Gasteiger partial charge in [-0.1, -0.05) is 19.6 Å². The molecule has 0 saturated heterocycles. The highest BCUT2D eigenvalue weighted by atomic mass is 15.0. The SMILES string of the molecule is C=C/C(=C\n1ccnc1C)CC. The Morgan fingerprint density at radius 2 is 2.50 bits per heavy atom. The Kier molecular flexibility index (Phi) is 2.86. The second kappa shape index (κ2) is 3.90. The maximum atomic E-state index is 4.12. The van der Waals surface area contributed by atoms with Crippen LogP contribution in [0.25, 0.3) is 6.20 Å². The number of nitrogens with zero attached hydrogens (tertiary/aromatic N) is 2. The van der Waals surface area contributed by atoms with Gasteiger partial charge in [0.05, 0.1) is 0 Å². The zero-order valence-electron chi connectivity index (χ0n) is 7.62. The van der Waals surface area contributed by atoms with E-state index in [2.05, 4.69) is 24.7 Å². The maximum absolute atomic E-state index is 4.12. The first-order valence-electron chi connectivity index (χ1n) is 4.10. The molecular weight excluding hydrogens is 148 g/mol. The lowest BCUT2D eigenvalue weighted by Crippen LogP contribution is -1.89. The van der Waals surface area contributed by atoms with E-state index in [0.717, 1.165) is 12.2 Å². The Morgan fingerprint density at radius 1 is 1.75 bits per heavy atom. The third-order valence-corrected chi connectivity index (χ3v) is 1.84. The minimum Gasteiger partial charge on any atom is -0.311 e. The van der Waals surface area contributed by atoms with Crippen molar-refractivity contribution in [3.63, 3.8) is 0 Å². The highest BCUT2D eigenvalue weighted by Crippen LogP contribution is 2.05. The topological polar surface area (TPSA) is 17.8 Å². The molecule has 0 aromatic carbocycles. The van der Waals surface area contributed by atoms with Gasteiger partial charge in [0, 0.05) is 18.6 Å². The molecule has 1 rings (SSSR count). The van der Waals surface area contributed by atoms with Crippen LogP contribution in [0.4, 0.5) is 0 Å². The summed E-state index contributed by atoms with van der Waals surface area (Å²) in [5, 5.41) is 0. The molecule has 0 aliphatic heterocycles. The summed E-state index contributed by atoms with van der Waals surface area (Å²) in [6.45, 7) is 7.83. The fourth-order valence-corrected chi connectivity index (χ4v) is 0.991. The average Bonchev–Trinajstić information content (AvgIpc) is 2.47. The van der Waals surface area contributed by atoms with Crippen LogP contribution in [-0.4, -0.2) is 9.55 Å². The highest BCUT2D eigenvalue weighted by Gasteiger charge is 1.92. The van der Waals surface area contributed by atoms with Gasteiger partial charge in [-0.05, 0) is 18.9 Å². The Hall–Kier alpha value is -1.31. The first kappa shape index (κ1) is 8.78. The molecule has 0 aliphatic rings. The predicted molar refractivity (Wildman–Crippen MR) is 51.7 cm³/mol. The van der Waals surface area contributed by atoms with Crippen molar-refractivity contribution in [3.05, 3.63) is 36.4 Å². The summed E-state index contributed by atoms with van der Waals surface area (Å²) in [5.74, 6) is 1.00. The van der Waals surface area contributed by atoms with E-state index in [1.54, 1.807) is 6.20 Å². The summed E-state index contributed by atoms with van der Waals surface area (Å²) in [7, 11) is 0. The zero-order valence-corrected chi connectivity index (χ0v) is 7.62. The van der Waals surface area contributed by atoms with Crippen molar-refractivity contribution in [1.29, 1.82) is 0 Å². The Labute approximate surface area is 73.2 Å². The summed E-state index contributed by atoms with van der Waals surface area (Å²) in [6.07, 6.45) is 8.66. The number of aryl methyl sites for hydroxylation is 1. The molecule has 0 aliphatic carbocycles. The van der Waals surface area contributed by atoms with Crippen LogP contribution in [0.3, 0.4) is 0 Å². The molecule has 0 bridgehead atoms. The smallest absolute Gasteiger partial charge is 0.109 e. The summed E-state index contributed by atoms with van der Waals surface area (Å²) >= 11 is 0. The van der Waals surface area contributed by atoms with Crippen LogP contribution in [0, 0.1) is 6.92 Å². The van der Waals surface area contributed by atoms with Gasteiger partial charge >= 0.3 is 0 Å². The van der Waals surface area contributed by atoms with E-state index >= 15 is 0 Å². The third-order valence-electron chi connectivity index (χ3n) is 1.84. The summed E-state index contributed by atoms with van der Waals surface area (Å²) < 4.78 is 2.00. The van der Waals surface area contributed by atoms with E-state index < -0.39 is 0 Å². The molecule has 0 amide bonds. The molecular formula is C10H14N2. The number of allylic oxidation sites excluding steroid dienone is 2. The third kappa shape index (κ3) is 1.84. The van der Waals surface area contributed by atoms with Crippen molar-refractivity contribution in [2.75, 3.05) is 0 Å². The van der Waals surface area contributed by atoms with Crippen LogP contribution in [0.2, 0.25) is 0 Å². The van der Waals surface area contributed by atoms with Gasteiger partial charge in [0.25, 0.3) is 0 Å². The van der Waals surface area contributed by atoms with Crippen LogP contribution in [0.15, 0.2) is 30.6 Å². The second-order valence-electron chi connectivity index (χ2n) is 2.64. The number of hydrogen-bond donors (Lipinski definition) is 0. The van der Waals surface area contributed by atoms with E-state index in [0.29, 0.717) is 0 Å². The standard InChI is InChI=1S/C10H14N2/c1-4-10(5-2)8-12-7-6-11-9(12)3/h4,6-8H,1,5H2,2-3H3/b10-8+. The molecule has 64 valence electrons. The zero-order chi connectivity index (χ0) is 8.97. The Morgan fingerprint density at radius 3 is 2.92 bits per heavy atom. The van der Waals surface area contributed by atoms with Gasteiger partial charge < -0.3 is 4.57 Å². The van der Waals surface area contributed by atoms with Crippen LogP contribution in [-0.2, 0) is 0 Å². The molecule has 0 radical (unpaired) electrons. The van der Waals surface area contributed by atoms with Gasteiger partial charge in [-0.2, -0.15) is 0 Å². The first-order chi connectivity index (χ1) is 5.77. The van der Waals surface area contributed by atoms with Gasteiger partial charge in [-0.3, -0.25) is 0 Å². The van der Waals surface area contributed by atoms with Crippen molar-refractivity contribution in [2.24, 2.45) is 0 Å². The maximum Gasteiger partial charge on any atom is 0.109 e. The first-order valence-corrected chi connectivity index (χ1v) is 4.10. The Balaban J connectivity index is 2.92. The van der Waals surface area contributed by atoms with Gasteiger partial charge in [0.15, 0.2) is 0 Å². The molecule has 2 nitrogen and oxygen atoms in total. The molecule has 0 atom stereocenters. The molecule has 12 heavy (non-hydrogen) atoms. The van der Waals surface area contributed by atoms with Crippen molar-refractivity contribution in [1.82, 2.24) is 9.55 Å². The van der Waals surface area contributed by atoms with Gasteiger partial charge in [0.1, 0.15) is 5.82 Å². The van der Waals surface area contributed by atoms with Gasteiger partial charge in [-0.15, -0.1) is 0 Å².